The molecule has 1 atom stereocenters. The van der Waals surface area contributed by atoms with Crippen molar-refractivity contribution in [3.8, 4) is 17.0 Å². The van der Waals surface area contributed by atoms with E-state index < -0.39 is 0 Å². The first-order valence-corrected chi connectivity index (χ1v) is 7.43. The fraction of sp³-hybridized carbons (Fsp3) is 0.211. The van der Waals surface area contributed by atoms with Crippen molar-refractivity contribution in [3.05, 3.63) is 60.7 Å². The minimum Gasteiger partial charge on any atom is -0.459 e. The normalized spacial score (nSPS) is 12.5. The van der Waals surface area contributed by atoms with E-state index in [1.165, 1.54) is 5.56 Å². The van der Waals surface area contributed by atoms with Crippen LogP contribution in [0, 0.1) is 0 Å². The molecule has 0 saturated carbocycles. The zero-order chi connectivity index (χ0) is 15.5. The minimum atomic E-state index is -0.0303. The van der Waals surface area contributed by atoms with Gasteiger partial charge in [0.2, 0.25) is 5.88 Å². The van der Waals surface area contributed by atoms with Crippen LogP contribution in [-0.2, 0) is 0 Å². The largest absolute Gasteiger partial charge is 0.459 e. The molecule has 3 heteroatoms. The van der Waals surface area contributed by atoms with Gasteiger partial charge in [-0.15, -0.1) is 0 Å². The highest BCUT2D eigenvalue weighted by Gasteiger charge is 2.11. The van der Waals surface area contributed by atoms with E-state index in [2.05, 4.69) is 23.2 Å². The average Bonchev–Trinajstić information content (AvgIpc) is 2.55. The first-order chi connectivity index (χ1) is 10.6. The van der Waals surface area contributed by atoms with Crippen molar-refractivity contribution in [3.63, 3.8) is 0 Å². The number of pyridine rings is 1. The van der Waals surface area contributed by atoms with Crippen molar-refractivity contribution in [1.82, 2.24) is 9.88 Å². The van der Waals surface area contributed by atoms with E-state index in [4.69, 9.17) is 4.74 Å². The predicted octanol–water partition coefficient (Wildman–Crippen LogP) is 4.19. The Morgan fingerprint density at radius 3 is 2.36 bits per heavy atom. The molecule has 0 saturated heterocycles. The van der Waals surface area contributed by atoms with Gasteiger partial charge in [0.25, 0.3) is 0 Å². The molecule has 3 nitrogen and oxygen atoms in total. The van der Waals surface area contributed by atoms with Gasteiger partial charge < -0.3 is 4.74 Å². The maximum absolute atomic E-state index is 5.96. The number of ether oxygens (including phenoxy) is 1. The number of hydrogen-bond acceptors (Lipinski definition) is 3. The maximum atomic E-state index is 5.96. The Bertz CT molecular complexity index is 769. The Morgan fingerprint density at radius 2 is 1.64 bits per heavy atom. The van der Waals surface area contributed by atoms with Crippen LogP contribution in [0.5, 0.6) is 5.88 Å². The van der Waals surface area contributed by atoms with Crippen molar-refractivity contribution in [2.24, 2.45) is 0 Å². The highest BCUT2D eigenvalue weighted by molar-refractivity contribution is 5.95. The van der Waals surface area contributed by atoms with Crippen molar-refractivity contribution in [1.29, 1.82) is 0 Å². The van der Waals surface area contributed by atoms with Crippen LogP contribution in [0.25, 0.3) is 22.0 Å². The number of aromatic nitrogens is 1. The molecule has 0 aliphatic rings. The molecule has 0 amide bonds. The highest BCUT2D eigenvalue weighted by atomic mass is 16.5. The van der Waals surface area contributed by atoms with Crippen LogP contribution >= 0.6 is 0 Å². The molecule has 112 valence electrons. The van der Waals surface area contributed by atoms with Crippen molar-refractivity contribution < 1.29 is 4.74 Å². The van der Waals surface area contributed by atoms with Crippen LogP contribution in [0.1, 0.15) is 6.92 Å². The second-order valence-corrected chi connectivity index (χ2v) is 5.57. The quantitative estimate of drug-likeness (QED) is 0.674. The molecule has 1 aromatic heterocycles. The second-order valence-electron chi connectivity index (χ2n) is 5.57. The highest BCUT2D eigenvalue weighted by Crippen LogP contribution is 2.31. The number of para-hydroxylation sites is 1. The maximum Gasteiger partial charge on any atom is 0.216 e. The van der Waals surface area contributed by atoms with Crippen molar-refractivity contribution in [2.75, 3.05) is 14.1 Å². The van der Waals surface area contributed by atoms with E-state index >= 15 is 0 Å². The van der Waals surface area contributed by atoms with Gasteiger partial charge in [-0.25, -0.2) is 4.98 Å². The summed E-state index contributed by atoms with van der Waals surface area (Å²) in [5.74, 6) is 0.652. The molecule has 0 bridgehead atoms. The van der Waals surface area contributed by atoms with Gasteiger partial charge in [0.05, 0.1) is 5.52 Å². The zero-order valence-electron chi connectivity index (χ0n) is 13.2. The van der Waals surface area contributed by atoms with Crippen LogP contribution in [0.15, 0.2) is 60.7 Å². The van der Waals surface area contributed by atoms with E-state index in [0.29, 0.717) is 5.88 Å². The Kier molecular flexibility index (Phi) is 4.07. The van der Waals surface area contributed by atoms with E-state index in [9.17, 15) is 0 Å². The molecule has 3 aromatic rings. The van der Waals surface area contributed by atoms with E-state index in [1.54, 1.807) is 0 Å². The molecular weight excluding hydrogens is 272 g/mol. The Hall–Kier alpha value is -2.39. The molecule has 3 rings (SSSR count). The monoisotopic (exact) mass is 292 g/mol. The van der Waals surface area contributed by atoms with Gasteiger partial charge in [-0.1, -0.05) is 48.5 Å². The van der Waals surface area contributed by atoms with E-state index in [0.717, 1.165) is 16.5 Å². The van der Waals surface area contributed by atoms with Crippen LogP contribution in [-0.4, -0.2) is 30.2 Å². The number of fused-ring (bicyclic) bond motifs is 1. The minimum absolute atomic E-state index is 0.0303. The van der Waals surface area contributed by atoms with Gasteiger partial charge in [0.1, 0.15) is 0 Å². The molecule has 0 N–H and O–H groups in total. The summed E-state index contributed by atoms with van der Waals surface area (Å²) < 4.78 is 5.96. The average molecular weight is 292 g/mol. The van der Waals surface area contributed by atoms with Crippen LogP contribution < -0.4 is 4.74 Å². The molecule has 1 heterocycles. The van der Waals surface area contributed by atoms with Gasteiger partial charge >= 0.3 is 0 Å². The summed E-state index contributed by atoms with van der Waals surface area (Å²) in [6.45, 7) is 2.01. The number of rotatable bonds is 4. The molecule has 2 aromatic carbocycles. The van der Waals surface area contributed by atoms with Crippen LogP contribution in [0.4, 0.5) is 0 Å². The molecule has 1 unspecified atom stereocenters. The molecule has 0 radical (unpaired) electrons. The fourth-order valence-corrected chi connectivity index (χ4v) is 2.35. The molecule has 22 heavy (non-hydrogen) atoms. The Morgan fingerprint density at radius 1 is 0.955 bits per heavy atom. The van der Waals surface area contributed by atoms with Crippen molar-refractivity contribution in [2.45, 2.75) is 13.2 Å². The lowest BCUT2D eigenvalue weighted by Gasteiger charge is -2.21. The topological polar surface area (TPSA) is 25.4 Å². The molecular formula is C19H20N2O. The summed E-state index contributed by atoms with van der Waals surface area (Å²) in [5, 5.41) is 1.14. The molecule has 0 spiro atoms. The first-order valence-electron chi connectivity index (χ1n) is 7.43. The van der Waals surface area contributed by atoms with E-state index in [-0.39, 0.29) is 6.23 Å². The standard InChI is InChI=1S/C19H20N2O/c1-14(21(2)3)22-19-13-17(15-9-5-4-6-10-15)16-11-7-8-12-18(16)20-19/h4-14H,1-3H3. The number of hydrogen-bond donors (Lipinski definition) is 0. The molecule has 0 aliphatic heterocycles. The summed E-state index contributed by atoms with van der Waals surface area (Å²) in [5.41, 5.74) is 3.26. The second kappa shape index (κ2) is 6.16. The molecule has 0 aliphatic carbocycles. The SMILES string of the molecule is CC(Oc1cc(-c2ccccc2)c2ccccc2n1)N(C)C. The third kappa shape index (κ3) is 2.95. The first kappa shape index (κ1) is 14.5. The van der Waals surface area contributed by atoms with Gasteiger partial charge in [0, 0.05) is 11.5 Å². The summed E-state index contributed by atoms with van der Waals surface area (Å²) in [6.07, 6.45) is -0.0303. The summed E-state index contributed by atoms with van der Waals surface area (Å²) in [6, 6.07) is 20.5. The Labute approximate surface area is 131 Å². The van der Waals surface area contributed by atoms with Crippen LogP contribution in [0.2, 0.25) is 0 Å². The zero-order valence-corrected chi connectivity index (χ0v) is 13.2. The van der Waals surface area contributed by atoms with Gasteiger partial charge in [0.15, 0.2) is 6.23 Å². The summed E-state index contributed by atoms with van der Waals surface area (Å²) >= 11 is 0. The van der Waals surface area contributed by atoms with Gasteiger partial charge in [-0.2, -0.15) is 0 Å². The fourth-order valence-electron chi connectivity index (χ4n) is 2.35. The number of benzene rings is 2. The lowest BCUT2D eigenvalue weighted by atomic mass is 10.0. The third-order valence-corrected chi connectivity index (χ3v) is 3.80. The number of nitrogens with zero attached hydrogens (tertiary/aromatic N) is 2. The summed E-state index contributed by atoms with van der Waals surface area (Å²) in [7, 11) is 3.98. The van der Waals surface area contributed by atoms with Gasteiger partial charge in [-0.3, -0.25) is 4.90 Å². The lowest BCUT2D eigenvalue weighted by molar-refractivity contribution is 0.0773. The lowest BCUT2D eigenvalue weighted by Crippen LogP contribution is -2.30. The van der Waals surface area contributed by atoms with Crippen molar-refractivity contribution >= 4 is 10.9 Å². The van der Waals surface area contributed by atoms with Gasteiger partial charge in [-0.05, 0) is 38.2 Å². The molecule has 0 fully saturated rings. The smallest absolute Gasteiger partial charge is 0.216 e. The third-order valence-electron chi connectivity index (χ3n) is 3.80. The van der Waals surface area contributed by atoms with E-state index in [1.807, 2.05) is 68.4 Å². The predicted molar refractivity (Wildman–Crippen MR) is 91.0 cm³/mol. The summed E-state index contributed by atoms with van der Waals surface area (Å²) in [4.78, 5) is 6.65. The Balaban J connectivity index is 2.13. The van der Waals surface area contributed by atoms with Crippen LogP contribution in [0.3, 0.4) is 0 Å².